The molecule has 1 heterocycles. The lowest BCUT2D eigenvalue weighted by Gasteiger charge is -2.08. The molecule has 0 atom stereocenters. The van der Waals surface area contributed by atoms with Gasteiger partial charge in [0.05, 0.1) is 18.7 Å². The van der Waals surface area contributed by atoms with Gasteiger partial charge in [0, 0.05) is 12.7 Å². The van der Waals surface area contributed by atoms with Gasteiger partial charge in [0.1, 0.15) is 5.56 Å². The number of ether oxygens (including phenoxy) is 1. The predicted octanol–water partition coefficient (Wildman–Crippen LogP) is 1.89. The van der Waals surface area contributed by atoms with Crippen molar-refractivity contribution in [1.82, 2.24) is 10.3 Å². The van der Waals surface area contributed by atoms with E-state index in [1.165, 1.54) is 7.11 Å². The first-order valence-electron chi connectivity index (χ1n) is 6.01. The Morgan fingerprint density at radius 2 is 2.25 bits per heavy atom. The Morgan fingerprint density at radius 1 is 1.40 bits per heavy atom. The molecule has 0 fully saturated rings. The molecule has 0 aliphatic rings. The Labute approximate surface area is 116 Å². The SMILES string of the molecule is COc1ncccc1C(=O)NCc1cccc(C#N)c1. The van der Waals surface area contributed by atoms with Crippen molar-refractivity contribution in [2.75, 3.05) is 7.11 Å². The summed E-state index contributed by atoms with van der Waals surface area (Å²) in [5.74, 6) is 0.0214. The zero-order chi connectivity index (χ0) is 14.4. The Morgan fingerprint density at radius 3 is 3.00 bits per heavy atom. The van der Waals surface area contributed by atoms with Crippen LogP contribution < -0.4 is 10.1 Å². The topological polar surface area (TPSA) is 75.0 Å². The molecular formula is C15H13N3O2. The summed E-state index contributed by atoms with van der Waals surface area (Å²) in [7, 11) is 1.47. The fourth-order valence-corrected chi connectivity index (χ4v) is 1.75. The second kappa shape index (κ2) is 6.34. The molecule has 0 radical (unpaired) electrons. The number of pyridine rings is 1. The Bertz CT molecular complexity index is 662. The zero-order valence-electron chi connectivity index (χ0n) is 11.0. The van der Waals surface area contributed by atoms with Crippen LogP contribution in [-0.2, 0) is 6.54 Å². The highest BCUT2D eigenvalue weighted by atomic mass is 16.5. The smallest absolute Gasteiger partial charge is 0.257 e. The maximum absolute atomic E-state index is 12.1. The summed E-state index contributed by atoms with van der Waals surface area (Å²) in [4.78, 5) is 16.0. The number of carbonyl (C=O) groups excluding carboxylic acids is 1. The van der Waals surface area contributed by atoms with Crippen LogP contribution in [0.25, 0.3) is 0 Å². The van der Waals surface area contributed by atoms with E-state index in [1.54, 1.807) is 36.5 Å². The third-order valence-electron chi connectivity index (χ3n) is 2.72. The minimum atomic E-state index is -0.266. The number of nitriles is 1. The van der Waals surface area contributed by atoms with Crippen molar-refractivity contribution in [1.29, 1.82) is 5.26 Å². The summed E-state index contributed by atoms with van der Waals surface area (Å²) in [6, 6.07) is 12.5. The van der Waals surface area contributed by atoms with E-state index in [1.807, 2.05) is 6.07 Å². The number of hydrogen-bond donors (Lipinski definition) is 1. The first-order chi connectivity index (χ1) is 9.74. The van der Waals surface area contributed by atoms with Gasteiger partial charge in [-0.25, -0.2) is 4.98 Å². The van der Waals surface area contributed by atoms with Crippen molar-refractivity contribution >= 4 is 5.91 Å². The van der Waals surface area contributed by atoms with Crippen molar-refractivity contribution < 1.29 is 9.53 Å². The van der Waals surface area contributed by atoms with Crippen LogP contribution in [0.15, 0.2) is 42.6 Å². The summed E-state index contributed by atoms with van der Waals surface area (Å²) in [5, 5.41) is 11.6. The van der Waals surface area contributed by atoms with Gasteiger partial charge >= 0.3 is 0 Å². The van der Waals surface area contributed by atoms with Crippen LogP contribution >= 0.6 is 0 Å². The van der Waals surface area contributed by atoms with E-state index in [4.69, 9.17) is 10.00 Å². The molecule has 0 aliphatic heterocycles. The molecule has 5 nitrogen and oxygen atoms in total. The van der Waals surface area contributed by atoms with Crippen LogP contribution in [0.2, 0.25) is 0 Å². The zero-order valence-corrected chi connectivity index (χ0v) is 11.0. The van der Waals surface area contributed by atoms with Crippen molar-refractivity contribution in [2.24, 2.45) is 0 Å². The molecule has 5 heteroatoms. The molecule has 2 aromatic rings. The number of benzene rings is 1. The second-order valence-corrected chi connectivity index (χ2v) is 4.06. The standard InChI is InChI=1S/C15H13N3O2/c1-20-15-13(6-3-7-17-15)14(19)18-10-12-5-2-4-11(8-12)9-16/h2-8H,10H2,1H3,(H,18,19). The van der Waals surface area contributed by atoms with Crippen LogP contribution in [0.5, 0.6) is 5.88 Å². The quantitative estimate of drug-likeness (QED) is 0.917. The molecule has 1 aromatic carbocycles. The molecule has 0 saturated carbocycles. The van der Waals surface area contributed by atoms with E-state index in [2.05, 4.69) is 16.4 Å². The Balaban J connectivity index is 2.07. The molecule has 100 valence electrons. The summed E-state index contributed by atoms with van der Waals surface area (Å²) in [6.45, 7) is 0.340. The molecular weight excluding hydrogens is 254 g/mol. The highest BCUT2D eigenvalue weighted by Gasteiger charge is 2.12. The van der Waals surface area contributed by atoms with E-state index in [0.717, 1.165) is 5.56 Å². The second-order valence-electron chi connectivity index (χ2n) is 4.06. The van der Waals surface area contributed by atoms with Crippen molar-refractivity contribution in [3.05, 3.63) is 59.3 Å². The number of carbonyl (C=O) groups is 1. The van der Waals surface area contributed by atoms with E-state index >= 15 is 0 Å². The summed E-state index contributed by atoms with van der Waals surface area (Å²) >= 11 is 0. The summed E-state index contributed by atoms with van der Waals surface area (Å²) < 4.78 is 5.04. The predicted molar refractivity (Wildman–Crippen MR) is 73.1 cm³/mol. The van der Waals surface area contributed by atoms with Gasteiger partial charge in [0.2, 0.25) is 5.88 Å². The number of aromatic nitrogens is 1. The number of methoxy groups -OCH3 is 1. The van der Waals surface area contributed by atoms with Gasteiger partial charge in [0.15, 0.2) is 0 Å². The fraction of sp³-hybridized carbons (Fsp3) is 0.133. The largest absolute Gasteiger partial charge is 0.480 e. The minimum Gasteiger partial charge on any atom is -0.480 e. The number of nitrogens with zero attached hydrogens (tertiary/aromatic N) is 2. The van der Waals surface area contributed by atoms with Gasteiger partial charge in [-0.05, 0) is 29.8 Å². The number of nitrogens with one attached hydrogen (secondary N) is 1. The molecule has 0 bridgehead atoms. The van der Waals surface area contributed by atoms with Gasteiger partial charge in [-0.15, -0.1) is 0 Å². The van der Waals surface area contributed by atoms with Crippen molar-refractivity contribution in [2.45, 2.75) is 6.54 Å². The summed E-state index contributed by atoms with van der Waals surface area (Å²) in [6.07, 6.45) is 1.56. The number of rotatable bonds is 4. The van der Waals surface area contributed by atoms with Gasteiger partial charge < -0.3 is 10.1 Å². The maximum atomic E-state index is 12.1. The maximum Gasteiger partial charge on any atom is 0.257 e. The van der Waals surface area contributed by atoms with Crippen LogP contribution in [-0.4, -0.2) is 18.0 Å². The molecule has 1 aromatic heterocycles. The Kier molecular flexibility index (Phi) is 4.30. The third kappa shape index (κ3) is 3.12. The summed E-state index contributed by atoms with van der Waals surface area (Å²) in [5.41, 5.74) is 1.81. The highest BCUT2D eigenvalue weighted by Crippen LogP contribution is 2.13. The molecule has 0 spiro atoms. The van der Waals surface area contributed by atoms with Crippen LogP contribution in [0.3, 0.4) is 0 Å². The first-order valence-corrected chi connectivity index (χ1v) is 6.01. The fourth-order valence-electron chi connectivity index (χ4n) is 1.75. The van der Waals surface area contributed by atoms with Gasteiger partial charge in [-0.1, -0.05) is 12.1 Å². The van der Waals surface area contributed by atoms with Gasteiger partial charge in [0.25, 0.3) is 5.91 Å². The normalized spacial score (nSPS) is 9.60. The van der Waals surface area contributed by atoms with E-state index in [9.17, 15) is 4.79 Å². The molecule has 0 unspecified atom stereocenters. The molecule has 0 aliphatic carbocycles. The highest BCUT2D eigenvalue weighted by molar-refractivity contribution is 5.96. The molecule has 2 rings (SSSR count). The van der Waals surface area contributed by atoms with Crippen LogP contribution in [0.4, 0.5) is 0 Å². The van der Waals surface area contributed by atoms with E-state index in [-0.39, 0.29) is 11.8 Å². The van der Waals surface area contributed by atoms with Crippen LogP contribution in [0, 0.1) is 11.3 Å². The van der Waals surface area contributed by atoms with Crippen molar-refractivity contribution in [3.63, 3.8) is 0 Å². The van der Waals surface area contributed by atoms with E-state index < -0.39 is 0 Å². The number of amides is 1. The third-order valence-corrected chi connectivity index (χ3v) is 2.72. The van der Waals surface area contributed by atoms with Gasteiger partial charge in [-0.2, -0.15) is 5.26 Å². The number of hydrogen-bond acceptors (Lipinski definition) is 4. The lowest BCUT2D eigenvalue weighted by Crippen LogP contribution is -2.23. The molecule has 20 heavy (non-hydrogen) atoms. The minimum absolute atomic E-state index is 0.266. The average molecular weight is 267 g/mol. The Hall–Kier alpha value is -2.87. The van der Waals surface area contributed by atoms with Crippen LogP contribution in [0.1, 0.15) is 21.5 Å². The van der Waals surface area contributed by atoms with Gasteiger partial charge in [-0.3, -0.25) is 4.79 Å². The monoisotopic (exact) mass is 267 g/mol. The van der Waals surface area contributed by atoms with Crippen molar-refractivity contribution in [3.8, 4) is 11.9 Å². The first kappa shape index (κ1) is 13.6. The average Bonchev–Trinajstić information content (AvgIpc) is 2.52. The van der Waals surface area contributed by atoms with E-state index in [0.29, 0.717) is 17.7 Å². The molecule has 1 N–H and O–H groups in total. The molecule has 1 amide bonds. The lowest BCUT2D eigenvalue weighted by atomic mass is 10.1. The lowest BCUT2D eigenvalue weighted by molar-refractivity contribution is 0.0947. The molecule has 0 saturated heterocycles.